The van der Waals surface area contributed by atoms with Gasteiger partial charge in [-0.05, 0) is 57.5 Å². The number of carbonyl (C=O) groups is 1. The second kappa shape index (κ2) is 6.75. The van der Waals surface area contributed by atoms with Gasteiger partial charge >= 0.3 is 0 Å². The van der Waals surface area contributed by atoms with Crippen LogP contribution in [0.3, 0.4) is 0 Å². The summed E-state index contributed by atoms with van der Waals surface area (Å²) in [4.78, 5) is 14.3. The van der Waals surface area contributed by atoms with E-state index in [9.17, 15) is 4.79 Å². The molecule has 1 amide bonds. The van der Waals surface area contributed by atoms with Gasteiger partial charge in [-0.1, -0.05) is 0 Å². The van der Waals surface area contributed by atoms with Crippen molar-refractivity contribution in [2.45, 2.75) is 38.8 Å². The highest BCUT2D eigenvalue weighted by molar-refractivity contribution is 5.94. The van der Waals surface area contributed by atoms with Crippen molar-refractivity contribution in [3.8, 4) is 5.75 Å². The van der Waals surface area contributed by atoms with E-state index in [1.54, 1.807) is 0 Å². The first-order chi connectivity index (χ1) is 9.58. The van der Waals surface area contributed by atoms with E-state index >= 15 is 0 Å². The van der Waals surface area contributed by atoms with Crippen LogP contribution in [-0.2, 0) is 0 Å². The normalized spacial score (nSPS) is 18.9. The summed E-state index contributed by atoms with van der Waals surface area (Å²) in [6, 6.07) is 7.70. The number of amides is 1. The number of rotatable bonds is 4. The van der Waals surface area contributed by atoms with Gasteiger partial charge in [-0.15, -0.1) is 0 Å². The van der Waals surface area contributed by atoms with Gasteiger partial charge in [0.1, 0.15) is 5.75 Å². The van der Waals surface area contributed by atoms with Gasteiger partial charge in [-0.2, -0.15) is 0 Å². The van der Waals surface area contributed by atoms with Gasteiger partial charge < -0.3 is 15.0 Å². The van der Waals surface area contributed by atoms with Crippen molar-refractivity contribution in [2.75, 3.05) is 20.1 Å². The van der Waals surface area contributed by atoms with Crippen LogP contribution in [-0.4, -0.2) is 43.1 Å². The fourth-order valence-corrected chi connectivity index (χ4v) is 2.48. The van der Waals surface area contributed by atoms with Gasteiger partial charge in [-0.25, -0.2) is 0 Å². The first-order valence-electron chi connectivity index (χ1n) is 7.32. The number of carbonyl (C=O) groups excluding carboxylic acids is 1. The second-order valence-corrected chi connectivity index (χ2v) is 5.61. The molecule has 0 saturated carbocycles. The number of benzene rings is 1. The largest absolute Gasteiger partial charge is 0.491 e. The van der Waals surface area contributed by atoms with Crippen LogP contribution in [0.4, 0.5) is 0 Å². The Morgan fingerprint density at radius 2 is 2.05 bits per heavy atom. The molecule has 1 fully saturated rings. The van der Waals surface area contributed by atoms with Crippen molar-refractivity contribution in [2.24, 2.45) is 0 Å². The molecule has 2 rings (SSSR count). The molecule has 4 heteroatoms. The topological polar surface area (TPSA) is 41.6 Å². The summed E-state index contributed by atoms with van der Waals surface area (Å²) < 4.78 is 5.59. The Hall–Kier alpha value is -1.55. The zero-order chi connectivity index (χ0) is 14.5. The van der Waals surface area contributed by atoms with Crippen molar-refractivity contribution < 1.29 is 9.53 Å². The Kier molecular flexibility index (Phi) is 5.01. The lowest BCUT2D eigenvalue weighted by atomic mass is 10.1. The van der Waals surface area contributed by atoms with Crippen molar-refractivity contribution in [1.29, 1.82) is 0 Å². The van der Waals surface area contributed by atoms with Crippen LogP contribution < -0.4 is 10.1 Å². The highest BCUT2D eigenvalue weighted by Gasteiger charge is 2.22. The van der Waals surface area contributed by atoms with Gasteiger partial charge in [-0.3, -0.25) is 4.79 Å². The molecule has 0 spiro atoms. The van der Waals surface area contributed by atoms with Crippen molar-refractivity contribution in [1.82, 2.24) is 10.2 Å². The molecule has 0 aromatic heterocycles. The van der Waals surface area contributed by atoms with Crippen LogP contribution >= 0.6 is 0 Å². The van der Waals surface area contributed by atoms with E-state index < -0.39 is 0 Å². The molecule has 1 unspecified atom stereocenters. The molecular weight excluding hydrogens is 252 g/mol. The van der Waals surface area contributed by atoms with Gasteiger partial charge in [0.15, 0.2) is 0 Å². The molecule has 110 valence electrons. The average molecular weight is 276 g/mol. The minimum absolute atomic E-state index is 0.0785. The number of nitrogens with zero attached hydrogens (tertiary/aromatic N) is 1. The van der Waals surface area contributed by atoms with Crippen LogP contribution in [0, 0.1) is 0 Å². The first-order valence-corrected chi connectivity index (χ1v) is 7.32. The molecule has 0 radical (unpaired) electrons. The third kappa shape index (κ3) is 3.73. The van der Waals surface area contributed by atoms with E-state index in [2.05, 4.69) is 5.32 Å². The molecule has 0 aliphatic carbocycles. The van der Waals surface area contributed by atoms with E-state index in [0.717, 1.165) is 31.7 Å². The van der Waals surface area contributed by atoms with Crippen LogP contribution in [0.5, 0.6) is 5.75 Å². The van der Waals surface area contributed by atoms with Gasteiger partial charge in [0.25, 0.3) is 5.91 Å². The molecule has 1 heterocycles. The smallest absolute Gasteiger partial charge is 0.253 e. The fourth-order valence-electron chi connectivity index (χ4n) is 2.48. The molecule has 1 aromatic carbocycles. The molecule has 1 aromatic rings. The number of hydrogen-bond acceptors (Lipinski definition) is 3. The number of nitrogens with one attached hydrogen (secondary N) is 1. The minimum Gasteiger partial charge on any atom is -0.491 e. The molecule has 0 bridgehead atoms. The number of hydrogen-bond donors (Lipinski definition) is 1. The van der Waals surface area contributed by atoms with Crippen molar-refractivity contribution in [3.63, 3.8) is 0 Å². The molecule has 1 aliphatic rings. The lowest BCUT2D eigenvalue weighted by Gasteiger charge is -2.31. The van der Waals surface area contributed by atoms with E-state index in [1.165, 1.54) is 0 Å². The predicted molar refractivity (Wildman–Crippen MR) is 80.2 cm³/mol. The maximum atomic E-state index is 12.4. The van der Waals surface area contributed by atoms with E-state index in [4.69, 9.17) is 4.74 Å². The molecular formula is C16H24N2O2. The molecule has 4 nitrogen and oxygen atoms in total. The fraction of sp³-hybridized carbons (Fsp3) is 0.562. The number of ether oxygens (including phenoxy) is 1. The Morgan fingerprint density at radius 1 is 1.35 bits per heavy atom. The summed E-state index contributed by atoms with van der Waals surface area (Å²) in [5.41, 5.74) is 0.717. The second-order valence-electron chi connectivity index (χ2n) is 5.61. The van der Waals surface area contributed by atoms with Crippen LogP contribution in [0.25, 0.3) is 0 Å². The Balaban J connectivity index is 2.00. The first kappa shape index (κ1) is 14.9. The summed E-state index contributed by atoms with van der Waals surface area (Å²) >= 11 is 0. The molecule has 20 heavy (non-hydrogen) atoms. The zero-order valence-corrected chi connectivity index (χ0v) is 12.6. The van der Waals surface area contributed by atoms with Gasteiger partial charge in [0, 0.05) is 25.2 Å². The monoisotopic (exact) mass is 276 g/mol. The zero-order valence-electron chi connectivity index (χ0n) is 12.6. The summed E-state index contributed by atoms with van der Waals surface area (Å²) in [6.07, 6.45) is 2.35. The van der Waals surface area contributed by atoms with Gasteiger partial charge in [0.05, 0.1) is 6.10 Å². The highest BCUT2D eigenvalue weighted by Crippen LogP contribution is 2.17. The molecule has 1 saturated heterocycles. The summed E-state index contributed by atoms with van der Waals surface area (Å²) in [7, 11) is 1.89. The molecule has 1 aliphatic heterocycles. The predicted octanol–water partition coefficient (Wildman–Crippen LogP) is 2.30. The van der Waals surface area contributed by atoms with E-state index in [1.807, 2.05) is 50.1 Å². The average Bonchev–Trinajstić information content (AvgIpc) is 2.47. The maximum Gasteiger partial charge on any atom is 0.253 e. The number of likely N-dealkylation sites (N-methyl/N-ethyl adjacent to an activating group) is 1. The van der Waals surface area contributed by atoms with Crippen molar-refractivity contribution in [3.05, 3.63) is 29.8 Å². The van der Waals surface area contributed by atoms with Crippen LogP contribution in [0.1, 0.15) is 37.0 Å². The molecule has 1 atom stereocenters. The standard InChI is InChI=1S/C16H24N2O2/c1-12(2)20-15-8-6-13(7-9-15)16(19)18(3)14-5-4-10-17-11-14/h6-9,12,14,17H,4-5,10-11H2,1-3H3. The third-order valence-electron chi connectivity index (χ3n) is 3.61. The number of piperidine rings is 1. The van der Waals surface area contributed by atoms with Crippen LogP contribution in [0.2, 0.25) is 0 Å². The Morgan fingerprint density at radius 3 is 2.60 bits per heavy atom. The summed E-state index contributed by atoms with van der Waals surface area (Å²) in [6.45, 7) is 5.92. The van der Waals surface area contributed by atoms with Crippen LogP contribution in [0.15, 0.2) is 24.3 Å². The van der Waals surface area contributed by atoms with E-state index in [-0.39, 0.29) is 12.0 Å². The Labute approximate surface area is 121 Å². The highest BCUT2D eigenvalue weighted by atomic mass is 16.5. The maximum absolute atomic E-state index is 12.4. The summed E-state index contributed by atoms with van der Waals surface area (Å²) in [5, 5.41) is 3.34. The lowest BCUT2D eigenvalue weighted by molar-refractivity contribution is 0.0708. The minimum atomic E-state index is 0.0785. The van der Waals surface area contributed by atoms with Gasteiger partial charge in [0.2, 0.25) is 0 Å². The Bertz CT molecular complexity index is 436. The SMILES string of the molecule is CC(C)Oc1ccc(C(=O)N(C)C2CCCNC2)cc1. The van der Waals surface area contributed by atoms with Crippen molar-refractivity contribution >= 4 is 5.91 Å². The summed E-state index contributed by atoms with van der Waals surface area (Å²) in [5.74, 6) is 0.883. The third-order valence-corrected chi connectivity index (χ3v) is 3.61. The molecule has 1 N–H and O–H groups in total. The van der Waals surface area contributed by atoms with E-state index in [0.29, 0.717) is 11.6 Å². The quantitative estimate of drug-likeness (QED) is 0.917. The lowest BCUT2D eigenvalue weighted by Crippen LogP contribution is -2.46.